The Balaban J connectivity index is 3.40. The third kappa shape index (κ3) is 2.32. The van der Waals surface area contributed by atoms with Crippen LogP contribution in [0.3, 0.4) is 0 Å². The number of rotatable bonds is 3. The molecule has 1 aromatic rings. The van der Waals surface area contributed by atoms with Crippen LogP contribution in [0.15, 0.2) is 6.07 Å². The zero-order valence-electron chi connectivity index (χ0n) is 10.4. The van der Waals surface area contributed by atoms with E-state index in [0.29, 0.717) is 11.4 Å². The van der Waals surface area contributed by atoms with Crippen molar-refractivity contribution in [1.82, 2.24) is 4.98 Å². The Hall–Kier alpha value is -1.58. The van der Waals surface area contributed by atoms with Gasteiger partial charge in [-0.05, 0) is 39.3 Å². The Labute approximate surface area is 95.9 Å². The summed E-state index contributed by atoms with van der Waals surface area (Å²) >= 11 is 0. The third-order valence-corrected chi connectivity index (χ3v) is 2.65. The molecule has 0 saturated carbocycles. The second-order valence-electron chi connectivity index (χ2n) is 4.29. The topological polar surface area (TPSA) is 53.4 Å². The Kier molecular flexibility index (Phi) is 3.52. The van der Waals surface area contributed by atoms with Gasteiger partial charge in [-0.1, -0.05) is 0 Å². The molecule has 1 aromatic heterocycles. The number of carbonyl (C=O) groups is 1. The molecule has 0 radical (unpaired) electrons. The molecule has 0 bridgehead atoms. The molecule has 88 valence electrons. The number of carboxylic acid groups (broad SMARTS) is 1. The predicted molar refractivity (Wildman–Crippen MR) is 64.2 cm³/mol. The highest BCUT2D eigenvalue weighted by atomic mass is 16.4. The lowest BCUT2D eigenvalue weighted by Crippen LogP contribution is -2.29. The smallest absolute Gasteiger partial charge is 0.339 e. The summed E-state index contributed by atoms with van der Waals surface area (Å²) < 4.78 is 0. The third-order valence-electron chi connectivity index (χ3n) is 2.65. The molecule has 0 aromatic carbocycles. The maximum atomic E-state index is 11.2. The lowest BCUT2D eigenvalue weighted by molar-refractivity contribution is 0.0696. The van der Waals surface area contributed by atoms with Crippen molar-refractivity contribution < 1.29 is 9.90 Å². The first kappa shape index (κ1) is 12.5. The van der Waals surface area contributed by atoms with E-state index in [2.05, 4.69) is 4.98 Å². The van der Waals surface area contributed by atoms with E-state index in [4.69, 9.17) is 0 Å². The van der Waals surface area contributed by atoms with Crippen LogP contribution in [-0.4, -0.2) is 29.1 Å². The van der Waals surface area contributed by atoms with Crippen LogP contribution in [0.5, 0.6) is 0 Å². The van der Waals surface area contributed by atoms with Crippen molar-refractivity contribution in [2.75, 3.05) is 11.9 Å². The molecule has 4 nitrogen and oxygen atoms in total. The summed E-state index contributed by atoms with van der Waals surface area (Å²) in [4.78, 5) is 17.4. The first-order valence-electron chi connectivity index (χ1n) is 5.29. The number of aryl methyl sites for hydroxylation is 2. The van der Waals surface area contributed by atoms with Crippen LogP contribution in [0.1, 0.15) is 35.5 Å². The summed E-state index contributed by atoms with van der Waals surface area (Å²) in [5, 5.41) is 9.20. The van der Waals surface area contributed by atoms with Crippen LogP contribution >= 0.6 is 0 Å². The van der Waals surface area contributed by atoms with Gasteiger partial charge in [0, 0.05) is 18.8 Å². The standard InChI is InChI=1S/C12H18N2O2/c1-7(2)14(5)11-10(12(15)16)8(3)6-9(4)13-11/h6-7H,1-5H3,(H,15,16). The number of pyridine rings is 1. The number of carboxylic acids is 1. The molecule has 0 spiro atoms. The molecule has 4 heteroatoms. The fourth-order valence-electron chi connectivity index (χ4n) is 1.58. The molecule has 0 aliphatic carbocycles. The minimum Gasteiger partial charge on any atom is -0.478 e. The molecule has 0 aliphatic heterocycles. The van der Waals surface area contributed by atoms with Crippen LogP contribution in [0.4, 0.5) is 5.82 Å². The summed E-state index contributed by atoms with van der Waals surface area (Å²) in [5.74, 6) is -0.382. The zero-order valence-corrected chi connectivity index (χ0v) is 10.4. The average molecular weight is 222 g/mol. The largest absolute Gasteiger partial charge is 0.478 e. The zero-order chi connectivity index (χ0) is 12.5. The molecule has 0 saturated heterocycles. The molecule has 1 rings (SSSR count). The van der Waals surface area contributed by atoms with Crippen LogP contribution in [-0.2, 0) is 0 Å². The maximum Gasteiger partial charge on any atom is 0.339 e. The van der Waals surface area contributed by atoms with E-state index in [1.165, 1.54) is 0 Å². The lowest BCUT2D eigenvalue weighted by atomic mass is 10.1. The van der Waals surface area contributed by atoms with Crippen molar-refractivity contribution in [2.24, 2.45) is 0 Å². The summed E-state index contributed by atoms with van der Waals surface area (Å²) in [6, 6.07) is 2.01. The summed E-state index contributed by atoms with van der Waals surface area (Å²) in [6.45, 7) is 7.68. The van der Waals surface area contributed by atoms with Crippen molar-refractivity contribution in [1.29, 1.82) is 0 Å². The number of anilines is 1. The van der Waals surface area contributed by atoms with Gasteiger partial charge in [0.1, 0.15) is 11.4 Å². The molecule has 1 N–H and O–H groups in total. The quantitative estimate of drug-likeness (QED) is 0.852. The minimum atomic E-state index is -0.924. The van der Waals surface area contributed by atoms with Gasteiger partial charge in [0.25, 0.3) is 0 Å². The second kappa shape index (κ2) is 4.51. The molecule has 0 amide bonds. The molecular weight excluding hydrogens is 204 g/mol. The summed E-state index contributed by atoms with van der Waals surface area (Å²) in [5.41, 5.74) is 1.88. The van der Waals surface area contributed by atoms with Crippen LogP contribution < -0.4 is 4.90 Å². The van der Waals surface area contributed by atoms with E-state index >= 15 is 0 Å². The lowest BCUT2D eigenvalue weighted by Gasteiger charge is -2.25. The van der Waals surface area contributed by atoms with E-state index in [0.717, 1.165) is 11.3 Å². The van der Waals surface area contributed by atoms with Crippen molar-refractivity contribution in [3.05, 3.63) is 22.9 Å². The van der Waals surface area contributed by atoms with Gasteiger partial charge in [-0.2, -0.15) is 0 Å². The van der Waals surface area contributed by atoms with Crippen molar-refractivity contribution in [3.8, 4) is 0 Å². The Morgan fingerprint density at radius 3 is 2.44 bits per heavy atom. The predicted octanol–water partition coefficient (Wildman–Crippen LogP) is 2.24. The summed E-state index contributed by atoms with van der Waals surface area (Å²) in [6.07, 6.45) is 0. The first-order chi connectivity index (χ1) is 7.34. The number of hydrogen-bond donors (Lipinski definition) is 1. The van der Waals surface area contributed by atoms with Gasteiger partial charge in [0.15, 0.2) is 0 Å². The molecule has 1 heterocycles. The Morgan fingerprint density at radius 2 is 2.00 bits per heavy atom. The van der Waals surface area contributed by atoms with Crippen LogP contribution in [0.25, 0.3) is 0 Å². The van der Waals surface area contributed by atoms with E-state index in [1.54, 1.807) is 13.0 Å². The molecular formula is C12H18N2O2. The van der Waals surface area contributed by atoms with Gasteiger partial charge in [0.2, 0.25) is 0 Å². The van der Waals surface area contributed by atoms with Crippen molar-refractivity contribution >= 4 is 11.8 Å². The van der Waals surface area contributed by atoms with Crippen LogP contribution in [0.2, 0.25) is 0 Å². The Bertz CT molecular complexity index is 414. The highest BCUT2D eigenvalue weighted by Gasteiger charge is 2.19. The van der Waals surface area contributed by atoms with E-state index in [1.807, 2.05) is 32.7 Å². The van der Waals surface area contributed by atoms with Gasteiger partial charge >= 0.3 is 5.97 Å². The molecule has 0 fully saturated rings. The van der Waals surface area contributed by atoms with E-state index in [-0.39, 0.29) is 6.04 Å². The molecule has 0 aliphatic rings. The second-order valence-corrected chi connectivity index (χ2v) is 4.29. The average Bonchev–Trinajstić information content (AvgIpc) is 2.14. The summed E-state index contributed by atoms with van der Waals surface area (Å²) in [7, 11) is 1.86. The molecule has 0 unspecified atom stereocenters. The van der Waals surface area contributed by atoms with Gasteiger partial charge < -0.3 is 10.0 Å². The van der Waals surface area contributed by atoms with Crippen molar-refractivity contribution in [3.63, 3.8) is 0 Å². The van der Waals surface area contributed by atoms with Crippen LogP contribution in [0, 0.1) is 13.8 Å². The molecule has 0 atom stereocenters. The van der Waals surface area contributed by atoms with Gasteiger partial charge in [-0.3, -0.25) is 0 Å². The normalized spacial score (nSPS) is 10.6. The number of aromatic nitrogens is 1. The van der Waals surface area contributed by atoms with Gasteiger partial charge in [0.05, 0.1) is 0 Å². The van der Waals surface area contributed by atoms with E-state index in [9.17, 15) is 9.90 Å². The highest BCUT2D eigenvalue weighted by molar-refractivity contribution is 5.95. The number of nitrogens with zero attached hydrogens (tertiary/aromatic N) is 2. The molecule has 16 heavy (non-hydrogen) atoms. The minimum absolute atomic E-state index is 0.215. The van der Waals surface area contributed by atoms with Gasteiger partial charge in [-0.25, -0.2) is 9.78 Å². The SMILES string of the molecule is Cc1cc(C)c(C(=O)O)c(N(C)C(C)C)n1. The van der Waals surface area contributed by atoms with E-state index < -0.39 is 5.97 Å². The monoisotopic (exact) mass is 222 g/mol. The number of aromatic carboxylic acids is 1. The van der Waals surface area contributed by atoms with Gasteiger partial charge in [-0.15, -0.1) is 0 Å². The fourth-order valence-corrected chi connectivity index (χ4v) is 1.58. The van der Waals surface area contributed by atoms with Crippen molar-refractivity contribution in [2.45, 2.75) is 33.7 Å². The Morgan fingerprint density at radius 1 is 1.44 bits per heavy atom. The maximum absolute atomic E-state index is 11.2. The fraction of sp³-hybridized carbons (Fsp3) is 0.500. The highest BCUT2D eigenvalue weighted by Crippen LogP contribution is 2.23. The first-order valence-corrected chi connectivity index (χ1v) is 5.29. The number of hydrogen-bond acceptors (Lipinski definition) is 3.